The lowest BCUT2D eigenvalue weighted by molar-refractivity contribution is -0.160. The van der Waals surface area contributed by atoms with Gasteiger partial charge in [-0.2, -0.15) is 0 Å². The molecule has 1 spiro atoms. The Hall–Kier alpha value is -1.95. The maximum absolute atomic E-state index is 13.6. The fourth-order valence-corrected chi connectivity index (χ4v) is 5.83. The molecule has 2 aliphatic carbocycles. The summed E-state index contributed by atoms with van der Waals surface area (Å²) in [4.78, 5) is 40.6. The lowest BCUT2D eigenvalue weighted by Gasteiger charge is -2.41. The molecule has 5 nitrogen and oxygen atoms in total. The van der Waals surface area contributed by atoms with Crippen molar-refractivity contribution < 1.29 is 23.9 Å². The molecule has 160 valence electrons. The summed E-state index contributed by atoms with van der Waals surface area (Å²) in [6, 6.07) is 5.44. The van der Waals surface area contributed by atoms with Crippen LogP contribution in [0.15, 0.2) is 34.0 Å². The molecule has 0 bridgehead atoms. The largest absolute Gasteiger partial charge is 0.496 e. The SMILES string of the molecule is COc1cccc(Br)c1C1C2=C(CC(C)(C)CC2=O)OC12C(=O)CC(C)(C)CC2=O. The molecule has 1 unspecified atom stereocenters. The maximum Gasteiger partial charge on any atom is 0.235 e. The van der Waals surface area contributed by atoms with Gasteiger partial charge in [0, 0.05) is 41.3 Å². The number of rotatable bonds is 2. The van der Waals surface area contributed by atoms with Crippen molar-refractivity contribution in [2.24, 2.45) is 10.8 Å². The van der Waals surface area contributed by atoms with Gasteiger partial charge in [-0.05, 0) is 23.0 Å². The smallest absolute Gasteiger partial charge is 0.235 e. The van der Waals surface area contributed by atoms with Crippen LogP contribution in [0.5, 0.6) is 5.75 Å². The summed E-state index contributed by atoms with van der Waals surface area (Å²) >= 11 is 3.58. The van der Waals surface area contributed by atoms with Gasteiger partial charge in [-0.25, -0.2) is 0 Å². The fraction of sp³-hybridized carbons (Fsp3) is 0.542. The third-order valence-electron chi connectivity index (χ3n) is 6.49. The second-order valence-corrected chi connectivity index (χ2v) is 11.1. The minimum Gasteiger partial charge on any atom is -0.496 e. The van der Waals surface area contributed by atoms with Gasteiger partial charge in [0.25, 0.3) is 0 Å². The molecule has 1 aromatic rings. The molecule has 1 heterocycles. The van der Waals surface area contributed by atoms with Crippen molar-refractivity contribution in [3.63, 3.8) is 0 Å². The number of benzene rings is 1. The Kier molecular flexibility index (Phi) is 4.81. The highest BCUT2D eigenvalue weighted by Crippen LogP contribution is 2.59. The van der Waals surface area contributed by atoms with Crippen molar-refractivity contribution in [3.05, 3.63) is 39.6 Å². The van der Waals surface area contributed by atoms with E-state index in [1.165, 1.54) is 0 Å². The Bertz CT molecular complexity index is 981. The Balaban J connectivity index is 1.99. The van der Waals surface area contributed by atoms with Gasteiger partial charge >= 0.3 is 0 Å². The molecule has 3 aliphatic rings. The van der Waals surface area contributed by atoms with Crippen LogP contribution in [0.4, 0.5) is 0 Å². The number of methoxy groups -OCH3 is 1. The maximum atomic E-state index is 13.6. The predicted molar refractivity (Wildman–Crippen MR) is 115 cm³/mol. The van der Waals surface area contributed by atoms with Crippen molar-refractivity contribution in [3.8, 4) is 5.75 Å². The zero-order valence-electron chi connectivity index (χ0n) is 18.1. The van der Waals surface area contributed by atoms with Gasteiger partial charge in [-0.1, -0.05) is 49.7 Å². The summed E-state index contributed by atoms with van der Waals surface area (Å²) in [6.45, 7) is 7.84. The standard InChI is InChI=1S/C24H27BrO5/c1-22(2)9-14(26)20-16(10-22)30-24(17(27)11-23(3,4)12-18(24)28)21(20)19-13(25)7-6-8-15(19)29-5/h6-8,21H,9-12H2,1-5H3. The van der Waals surface area contributed by atoms with E-state index in [-0.39, 0.29) is 35.6 Å². The molecule has 1 aromatic carbocycles. The molecule has 0 amide bonds. The van der Waals surface area contributed by atoms with E-state index < -0.39 is 16.9 Å². The first-order chi connectivity index (χ1) is 13.9. The Morgan fingerprint density at radius 3 is 2.17 bits per heavy atom. The molecule has 0 N–H and O–H groups in total. The van der Waals surface area contributed by atoms with Crippen molar-refractivity contribution in [2.45, 2.75) is 64.9 Å². The van der Waals surface area contributed by atoms with E-state index in [1.54, 1.807) is 13.2 Å². The van der Waals surface area contributed by atoms with E-state index in [0.717, 1.165) is 0 Å². The van der Waals surface area contributed by atoms with Crippen molar-refractivity contribution in [2.75, 3.05) is 7.11 Å². The summed E-state index contributed by atoms with van der Waals surface area (Å²) in [5.74, 6) is -0.378. The highest BCUT2D eigenvalue weighted by molar-refractivity contribution is 9.10. The minimum absolute atomic E-state index is 0.0636. The van der Waals surface area contributed by atoms with Crippen LogP contribution in [-0.4, -0.2) is 30.1 Å². The summed E-state index contributed by atoms with van der Waals surface area (Å²) in [5.41, 5.74) is -1.34. The molecule has 30 heavy (non-hydrogen) atoms. The normalized spacial score (nSPS) is 26.6. The molecule has 6 heteroatoms. The first kappa shape index (κ1) is 21.3. The van der Waals surface area contributed by atoms with Gasteiger partial charge in [-0.15, -0.1) is 0 Å². The van der Waals surface area contributed by atoms with Crippen LogP contribution in [-0.2, 0) is 19.1 Å². The highest BCUT2D eigenvalue weighted by Gasteiger charge is 2.66. The fourth-order valence-electron chi connectivity index (χ4n) is 5.26. The first-order valence-electron chi connectivity index (χ1n) is 10.3. The summed E-state index contributed by atoms with van der Waals surface area (Å²) < 4.78 is 12.6. The lowest BCUT2D eigenvalue weighted by Crippen LogP contribution is -2.57. The van der Waals surface area contributed by atoms with Crippen LogP contribution < -0.4 is 4.74 Å². The molecule has 1 atom stereocenters. The molecule has 1 aliphatic heterocycles. The van der Waals surface area contributed by atoms with E-state index >= 15 is 0 Å². The van der Waals surface area contributed by atoms with Gasteiger partial charge in [0.1, 0.15) is 11.5 Å². The van der Waals surface area contributed by atoms with Crippen molar-refractivity contribution >= 4 is 33.3 Å². The lowest BCUT2D eigenvalue weighted by atomic mass is 9.61. The Labute approximate surface area is 185 Å². The molecule has 0 radical (unpaired) electrons. The molecule has 1 fully saturated rings. The quantitative estimate of drug-likeness (QED) is 0.569. The van der Waals surface area contributed by atoms with Crippen molar-refractivity contribution in [1.82, 2.24) is 0 Å². The molecule has 0 aromatic heterocycles. The number of carbonyl (C=O) groups is 3. The van der Waals surface area contributed by atoms with Crippen LogP contribution in [0, 0.1) is 10.8 Å². The van der Waals surface area contributed by atoms with Gasteiger partial charge in [0.15, 0.2) is 17.3 Å². The molecule has 4 rings (SSSR count). The van der Waals surface area contributed by atoms with E-state index in [2.05, 4.69) is 15.9 Å². The molecular formula is C24H27BrO5. The average molecular weight is 475 g/mol. The Morgan fingerprint density at radius 2 is 1.57 bits per heavy atom. The number of hydrogen-bond donors (Lipinski definition) is 0. The first-order valence-corrected chi connectivity index (χ1v) is 11.1. The van der Waals surface area contributed by atoms with Crippen LogP contribution in [0.25, 0.3) is 0 Å². The van der Waals surface area contributed by atoms with Gasteiger partial charge < -0.3 is 9.47 Å². The average Bonchev–Trinajstić information content (AvgIpc) is 2.94. The number of Topliss-reactive ketones (excluding diaryl/α,β-unsaturated/α-hetero) is 3. The second-order valence-electron chi connectivity index (χ2n) is 10.3. The minimum atomic E-state index is -1.70. The number of ether oxygens (including phenoxy) is 2. The number of hydrogen-bond acceptors (Lipinski definition) is 5. The van der Waals surface area contributed by atoms with E-state index in [9.17, 15) is 14.4 Å². The summed E-state index contributed by atoms with van der Waals surface area (Å²) in [5, 5.41) is 0. The number of ketones is 3. The van der Waals surface area contributed by atoms with Crippen LogP contribution in [0.2, 0.25) is 0 Å². The zero-order chi connectivity index (χ0) is 22.1. The van der Waals surface area contributed by atoms with Crippen LogP contribution >= 0.6 is 15.9 Å². The second kappa shape index (κ2) is 6.78. The molecule has 0 saturated heterocycles. The topological polar surface area (TPSA) is 69.7 Å². The van der Waals surface area contributed by atoms with E-state index in [0.29, 0.717) is 40.0 Å². The number of allylic oxidation sites excluding steroid dienone is 1. The Morgan fingerprint density at radius 1 is 0.967 bits per heavy atom. The van der Waals surface area contributed by atoms with Gasteiger partial charge in [-0.3, -0.25) is 14.4 Å². The van der Waals surface area contributed by atoms with E-state index in [1.807, 2.05) is 39.8 Å². The number of halogens is 1. The summed E-state index contributed by atoms with van der Waals surface area (Å²) in [6.07, 6.45) is 1.31. The highest BCUT2D eigenvalue weighted by atomic mass is 79.9. The third kappa shape index (κ3) is 3.06. The number of carbonyl (C=O) groups excluding carboxylic acids is 3. The third-order valence-corrected chi connectivity index (χ3v) is 7.18. The van der Waals surface area contributed by atoms with Crippen molar-refractivity contribution in [1.29, 1.82) is 0 Å². The molecular weight excluding hydrogens is 448 g/mol. The predicted octanol–water partition coefficient (Wildman–Crippen LogP) is 4.91. The molecule has 1 saturated carbocycles. The summed E-state index contributed by atoms with van der Waals surface area (Å²) in [7, 11) is 1.54. The van der Waals surface area contributed by atoms with Gasteiger partial charge in [0.05, 0.1) is 13.0 Å². The van der Waals surface area contributed by atoms with E-state index in [4.69, 9.17) is 9.47 Å². The van der Waals surface area contributed by atoms with Crippen LogP contribution in [0.1, 0.15) is 64.9 Å². The monoisotopic (exact) mass is 474 g/mol. The van der Waals surface area contributed by atoms with Gasteiger partial charge in [0.2, 0.25) is 5.60 Å². The van der Waals surface area contributed by atoms with Crippen LogP contribution in [0.3, 0.4) is 0 Å². The zero-order valence-corrected chi connectivity index (χ0v) is 19.6.